The van der Waals surface area contributed by atoms with Gasteiger partial charge in [0.2, 0.25) is 5.91 Å². The van der Waals surface area contributed by atoms with Crippen LogP contribution in [-0.2, 0) is 9.59 Å². The maximum Gasteiger partial charge on any atom is 0.387 e. The number of carboxylic acid groups (broad SMARTS) is 1. The molecule has 1 amide bonds. The normalized spacial score (nSPS) is 17.3. The number of halogens is 2. The third-order valence-electron chi connectivity index (χ3n) is 4.01. The molecule has 1 aromatic rings. The number of alkyl halides is 2. The van der Waals surface area contributed by atoms with Gasteiger partial charge in [-0.3, -0.25) is 14.5 Å². The smallest absolute Gasteiger partial charge is 0.387 e. The molecule has 2 N–H and O–H groups in total. The zero-order valence-corrected chi connectivity index (χ0v) is 13.8. The van der Waals surface area contributed by atoms with Gasteiger partial charge in [-0.1, -0.05) is 0 Å². The average Bonchev–Trinajstić information content (AvgIpc) is 2.55. The second-order valence-electron chi connectivity index (χ2n) is 5.85. The number of hydrogen-bond acceptors (Lipinski definition) is 5. The van der Waals surface area contributed by atoms with Crippen LogP contribution < -0.4 is 10.1 Å². The zero-order chi connectivity index (χ0) is 18.4. The van der Waals surface area contributed by atoms with Crippen molar-refractivity contribution >= 4 is 17.6 Å². The first-order valence-electron chi connectivity index (χ1n) is 7.85. The van der Waals surface area contributed by atoms with Crippen molar-refractivity contribution < 1.29 is 28.2 Å². The number of rotatable bonds is 7. The van der Waals surface area contributed by atoms with Crippen molar-refractivity contribution in [1.82, 2.24) is 9.80 Å². The lowest BCUT2D eigenvalue weighted by Crippen LogP contribution is -2.52. The summed E-state index contributed by atoms with van der Waals surface area (Å²) in [5.74, 6) is -1.51. The van der Waals surface area contributed by atoms with Gasteiger partial charge in [0.15, 0.2) is 0 Å². The molecule has 1 atom stereocenters. The third-order valence-corrected chi connectivity index (χ3v) is 4.01. The van der Waals surface area contributed by atoms with Crippen LogP contribution >= 0.6 is 0 Å². The van der Waals surface area contributed by atoms with Gasteiger partial charge in [0.1, 0.15) is 11.8 Å². The highest BCUT2D eigenvalue weighted by atomic mass is 19.3. The van der Waals surface area contributed by atoms with Crippen molar-refractivity contribution in [2.24, 2.45) is 0 Å². The first-order valence-corrected chi connectivity index (χ1v) is 7.85. The topological polar surface area (TPSA) is 82.1 Å². The van der Waals surface area contributed by atoms with E-state index in [0.29, 0.717) is 18.8 Å². The van der Waals surface area contributed by atoms with Gasteiger partial charge < -0.3 is 20.1 Å². The number of carboxylic acids is 1. The summed E-state index contributed by atoms with van der Waals surface area (Å²) in [6, 6.07) is 4.55. The fourth-order valence-corrected chi connectivity index (χ4v) is 2.61. The highest BCUT2D eigenvalue weighted by molar-refractivity contribution is 5.94. The Labute approximate surface area is 144 Å². The second-order valence-corrected chi connectivity index (χ2v) is 5.85. The summed E-state index contributed by atoms with van der Waals surface area (Å²) in [6.07, 6.45) is -0.186. The quantitative estimate of drug-likeness (QED) is 0.766. The van der Waals surface area contributed by atoms with Gasteiger partial charge >= 0.3 is 12.6 Å². The van der Waals surface area contributed by atoms with Crippen molar-refractivity contribution in [3.63, 3.8) is 0 Å². The van der Waals surface area contributed by atoms with E-state index >= 15 is 0 Å². The molecule has 1 aromatic carbocycles. The van der Waals surface area contributed by atoms with Gasteiger partial charge in [-0.05, 0) is 31.3 Å². The van der Waals surface area contributed by atoms with E-state index in [1.165, 1.54) is 24.3 Å². The number of carbonyl (C=O) groups is 2. The van der Waals surface area contributed by atoms with Gasteiger partial charge in [-0.15, -0.1) is 0 Å². The Hall–Kier alpha value is -2.26. The Morgan fingerprint density at radius 3 is 2.32 bits per heavy atom. The summed E-state index contributed by atoms with van der Waals surface area (Å²) < 4.78 is 28.4. The lowest BCUT2D eigenvalue weighted by molar-refractivity contribution is -0.145. The molecule has 25 heavy (non-hydrogen) atoms. The number of aliphatic carboxylic acids is 1. The van der Waals surface area contributed by atoms with Crippen LogP contribution in [0.4, 0.5) is 14.5 Å². The molecule has 2 rings (SSSR count). The first-order chi connectivity index (χ1) is 11.8. The summed E-state index contributed by atoms with van der Waals surface area (Å²) >= 11 is 0. The number of nitrogens with zero attached hydrogens (tertiary/aromatic N) is 2. The number of likely N-dealkylation sites (N-methyl/N-ethyl adjacent to an activating group) is 1. The van der Waals surface area contributed by atoms with Crippen molar-refractivity contribution in [2.45, 2.75) is 19.1 Å². The molecule has 1 saturated heterocycles. The van der Waals surface area contributed by atoms with Crippen molar-refractivity contribution in [1.29, 1.82) is 0 Å². The van der Waals surface area contributed by atoms with Crippen LogP contribution in [0.5, 0.6) is 5.75 Å². The van der Waals surface area contributed by atoms with E-state index in [2.05, 4.69) is 15.0 Å². The zero-order valence-electron chi connectivity index (χ0n) is 13.8. The third kappa shape index (κ3) is 5.95. The van der Waals surface area contributed by atoms with E-state index in [-0.39, 0.29) is 12.2 Å². The molecular formula is C16H21F2N3O4. The monoisotopic (exact) mass is 357 g/mol. The van der Waals surface area contributed by atoms with Crippen LogP contribution in [0.1, 0.15) is 6.42 Å². The minimum Gasteiger partial charge on any atom is -0.480 e. The molecule has 7 nitrogen and oxygen atoms in total. The minimum absolute atomic E-state index is 0.0196. The number of nitrogens with one attached hydrogen (secondary N) is 1. The lowest BCUT2D eigenvalue weighted by atomic mass is 10.1. The Bertz CT molecular complexity index is 590. The van der Waals surface area contributed by atoms with Crippen molar-refractivity contribution in [3.8, 4) is 5.75 Å². The molecule has 0 radical (unpaired) electrons. The Morgan fingerprint density at radius 2 is 1.80 bits per heavy atom. The van der Waals surface area contributed by atoms with E-state index in [4.69, 9.17) is 0 Å². The number of ether oxygens (including phenoxy) is 1. The number of benzene rings is 1. The minimum atomic E-state index is -2.92. The predicted molar refractivity (Wildman–Crippen MR) is 86.8 cm³/mol. The molecule has 1 fully saturated rings. The van der Waals surface area contributed by atoms with E-state index < -0.39 is 24.5 Å². The first kappa shape index (κ1) is 19.1. The average molecular weight is 357 g/mol. The van der Waals surface area contributed by atoms with Gasteiger partial charge in [0.05, 0.1) is 6.42 Å². The molecule has 1 aliphatic rings. The van der Waals surface area contributed by atoms with Crippen LogP contribution in [0.15, 0.2) is 24.3 Å². The van der Waals surface area contributed by atoms with Crippen LogP contribution in [0.2, 0.25) is 0 Å². The SMILES string of the molecule is CN1CCN(C(CC(=O)Nc2ccc(OC(F)F)cc2)C(=O)O)CC1. The highest BCUT2D eigenvalue weighted by Crippen LogP contribution is 2.18. The Morgan fingerprint density at radius 1 is 1.20 bits per heavy atom. The number of carbonyl (C=O) groups excluding carboxylic acids is 1. The second kappa shape index (κ2) is 8.72. The van der Waals surface area contributed by atoms with E-state index in [0.717, 1.165) is 13.1 Å². The largest absolute Gasteiger partial charge is 0.480 e. The fraction of sp³-hybridized carbons (Fsp3) is 0.500. The van der Waals surface area contributed by atoms with Crippen molar-refractivity contribution in [2.75, 3.05) is 38.5 Å². The maximum absolute atomic E-state index is 12.1. The molecule has 0 spiro atoms. The maximum atomic E-state index is 12.1. The molecule has 0 saturated carbocycles. The predicted octanol–water partition coefficient (Wildman–Crippen LogP) is 1.32. The molecule has 0 aromatic heterocycles. The summed E-state index contributed by atoms with van der Waals surface area (Å²) in [7, 11) is 1.96. The molecule has 1 unspecified atom stereocenters. The summed E-state index contributed by atoms with van der Waals surface area (Å²) in [5.41, 5.74) is 0.383. The van der Waals surface area contributed by atoms with Crippen LogP contribution in [0.3, 0.4) is 0 Å². The van der Waals surface area contributed by atoms with Gasteiger partial charge in [-0.2, -0.15) is 8.78 Å². The molecule has 0 bridgehead atoms. The highest BCUT2D eigenvalue weighted by Gasteiger charge is 2.30. The standard InChI is InChI=1S/C16H21F2N3O4/c1-20-6-8-21(9-7-20)13(15(23)24)10-14(22)19-11-2-4-12(5-3-11)25-16(17)18/h2-5,13,16H,6-10H2,1H3,(H,19,22)(H,23,24). The Kier molecular flexibility index (Phi) is 6.65. The van der Waals surface area contributed by atoms with Gasteiger partial charge in [-0.25, -0.2) is 0 Å². The number of anilines is 1. The summed E-state index contributed by atoms with van der Waals surface area (Å²) in [5, 5.41) is 12.0. The van der Waals surface area contributed by atoms with E-state index in [1.54, 1.807) is 4.90 Å². The molecule has 1 aliphatic heterocycles. The molecule has 138 valence electrons. The van der Waals surface area contributed by atoms with E-state index in [9.17, 15) is 23.5 Å². The summed E-state index contributed by atoms with van der Waals surface area (Å²) in [4.78, 5) is 27.5. The van der Waals surface area contributed by atoms with Crippen molar-refractivity contribution in [3.05, 3.63) is 24.3 Å². The molecule has 9 heteroatoms. The van der Waals surface area contributed by atoms with Crippen LogP contribution in [0.25, 0.3) is 0 Å². The van der Waals surface area contributed by atoms with E-state index in [1.807, 2.05) is 7.05 Å². The fourth-order valence-electron chi connectivity index (χ4n) is 2.61. The number of amides is 1. The Balaban J connectivity index is 1.91. The van der Waals surface area contributed by atoms with Crippen LogP contribution in [-0.4, -0.2) is 72.7 Å². The molecule has 0 aliphatic carbocycles. The molecule has 1 heterocycles. The van der Waals surface area contributed by atoms with Crippen LogP contribution in [0, 0.1) is 0 Å². The number of hydrogen-bond donors (Lipinski definition) is 2. The number of piperazine rings is 1. The molecular weight excluding hydrogens is 336 g/mol. The summed E-state index contributed by atoms with van der Waals surface area (Å²) in [6.45, 7) is -0.255. The lowest BCUT2D eigenvalue weighted by Gasteiger charge is -2.35. The van der Waals surface area contributed by atoms with Gasteiger partial charge in [0.25, 0.3) is 0 Å². The van der Waals surface area contributed by atoms with Gasteiger partial charge in [0, 0.05) is 31.9 Å².